The van der Waals surface area contributed by atoms with Crippen LogP contribution in [-0.4, -0.2) is 29.8 Å². The van der Waals surface area contributed by atoms with Crippen molar-refractivity contribution >= 4 is 6.03 Å². The second-order valence-electron chi connectivity index (χ2n) is 3.50. The number of hydrogen-bond donors (Lipinski definition) is 3. The molecule has 4 heteroatoms. The number of urea groups is 1. The van der Waals surface area contributed by atoms with Gasteiger partial charge in [0.1, 0.15) is 0 Å². The Bertz CT molecular complexity index is 173. The lowest BCUT2D eigenvalue weighted by Gasteiger charge is -2.16. The minimum atomic E-state index is -0.354. The maximum atomic E-state index is 11.2. The van der Waals surface area contributed by atoms with Crippen molar-refractivity contribution in [2.45, 2.75) is 44.8 Å². The van der Waals surface area contributed by atoms with E-state index in [1.165, 1.54) is 0 Å². The summed E-state index contributed by atoms with van der Waals surface area (Å²) in [7, 11) is 0. The largest absolute Gasteiger partial charge is 0.391 e. The molecule has 4 nitrogen and oxygen atoms in total. The summed E-state index contributed by atoms with van der Waals surface area (Å²) in [5.74, 6) is 0. The van der Waals surface area contributed by atoms with Crippen molar-refractivity contribution in [3.63, 3.8) is 0 Å². The lowest BCUT2D eigenvalue weighted by atomic mass is 10.2. The first-order valence-electron chi connectivity index (χ1n) is 4.96. The van der Waals surface area contributed by atoms with Gasteiger partial charge >= 0.3 is 6.03 Å². The second kappa shape index (κ2) is 5.07. The van der Waals surface area contributed by atoms with Crippen molar-refractivity contribution in [1.29, 1.82) is 0 Å². The first-order valence-corrected chi connectivity index (χ1v) is 4.96. The smallest absolute Gasteiger partial charge is 0.315 e. The molecule has 0 radical (unpaired) electrons. The molecule has 0 saturated heterocycles. The van der Waals surface area contributed by atoms with E-state index in [9.17, 15) is 9.90 Å². The zero-order valence-electron chi connectivity index (χ0n) is 8.05. The van der Waals surface area contributed by atoms with E-state index in [4.69, 9.17) is 0 Å². The van der Waals surface area contributed by atoms with Gasteiger partial charge in [-0.3, -0.25) is 0 Å². The molecule has 2 atom stereocenters. The molecule has 0 aromatic carbocycles. The number of hydrogen-bond acceptors (Lipinski definition) is 2. The van der Waals surface area contributed by atoms with Crippen LogP contribution in [0.1, 0.15) is 32.6 Å². The van der Waals surface area contributed by atoms with Crippen molar-refractivity contribution in [2.24, 2.45) is 0 Å². The fourth-order valence-corrected chi connectivity index (χ4v) is 1.57. The van der Waals surface area contributed by atoms with Gasteiger partial charge in [-0.1, -0.05) is 6.92 Å². The molecule has 1 saturated carbocycles. The first-order chi connectivity index (χ1) is 6.24. The van der Waals surface area contributed by atoms with Gasteiger partial charge in [-0.05, 0) is 25.7 Å². The molecule has 0 spiro atoms. The summed E-state index contributed by atoms with van der Waals surface area (Å²) in [4.78, 5) is 11.2. The maximum absolute atomic E-state index is 11.2. The van der Waals surface area contributed by atoms with Gasteiger partial charge < -0.3 is 15.7 Å². The topological polar surface area (TPSA) is 61.4 Å². The Morgan fingerprint density at radius 2 is 2.31 bits per heavy atom. The summed E-state index contributed by atoms with van der Waals surface area (Å²) in [6, 6.07) is -0.204. The molecule has 0 aromatic heterocycles. The lowest BCUT2D eigenvalue weighted by molar-refractivity contribution is 0.149. The number of amides is 2. The molecule has 1 aliphatic rings. The normalized spacial score (nSPS) is 27.2. The van der Waals surface area contributed by atoms with Crippen molar-refractivity contribution in [3.05, 3.63) is 0 Å². The van der Waals surface area contributed by atoms with Crippen molar-refractivity contribution < 1.29 is 9.90 Å². The Kier molecular flexibility index (Phi) is 4.02. The highest BCUT2D eigenvalue weighted by Crippen LogP contribution is 2.18. The molecule has 1 rings (SSSR count). The van der Waals surface area contributed by atoms with E-state index in [0.717, 1.165) is 25.7 Å². The summed E-state index contributed by atoms with van der Waals surface area (Å²) in [6.45, 7) is 2.69. The molecule has 13 heavy (non-hydrogen) atoms. The third-order valence-corrected chi connectivity index (χ3v) is 2.33. The van der Waals surface area contributed by atoms with Gasteiger partial charge in [0.25, 0.3) is 0 Å². The average Bonchev–Trinajstić information content (AvgIpc) is 2.48. The van der Waals surface area contributed by atoms with Crippen LogP contribution in [0.5, 0.6) is 0 Å². The lowest BCUT2D eigenvalue weighted by Crippen LogP contribution is -2.45. The number of nitrogens with one attached hydrogen (secondary N) is 2. The van der Waals surface area contributed by atoms with E-state index in [0.29, 0.717) is 6.54 Å². The first kappa shape index (κ1) is 10.3. The summed E-state index contributed by atoms with van der Waals surface area (Å²) in [6.07, 6.45) is 3.27. The Hall–Kier alpha value is -0.770. The molecule has 3 N–H and O–H groups in total. The molecular formula is C9H18N2O2. The van der Waals surface area contributed by atoms with Crippen LogP contribution in [0.15, 0.2) is 0 Å². The van der Waals surface area contributed by atoms with Crippen molar-refractivity contribution in [2.75, 3.05) is 6.54 Å². The second-order valence-corrected chi connectivity index (χ2v) is 3.50. The Labute approximate surface area is 78.7 Å². The van der Waals surface area contributed by atoms with Crippen LogP contribution in [-0.2, 0) is 0 Å². The monoisotopic (exact) mass is 186 g/mol. The van der Waals surface area contributed by atoms with Crippen LogP contribution >= 0.6 is 0 Å². The molecule has 0 heterocycles. The number of aliphatic hydroxyl groups excluding tert-OH is 1. The highest BCUT2D eigenvalue weighted by atomic mass is 16.3. The predicted molar refractivity (Wildman–Crippen MR) is 50.5 cm³/mol. The number of carbonyl (C=O) groups is 1. The standard InChI is InChI=1S/C9H18N2O2/c1-2-6-10-9(13)11-7-4-3-5-8(7)12/h7-8,12H,2-6H2,1H3,(H2,10,11,13). The minimum Gasteiger partial charge on any atom is -0.391 e. The molecule has 0 bridgehead atoms. The van der Waals surface area contributed by atoms with Crippen LogP contribution in [0.25, 0.3) is 0 Å². The van der Waals surface area contributed by atoms with Gasteiger partial charge in [0.05, 0.1) is 12.1 Å². The van der Waals surface area contributed by atoms with Crippen LogP contribution in [0.2, 0.25) is 0 Å². The van der Waals surface area contributed by atoms with Gasteiger partial charge in [-0.15, -0.1) is 0 Å². The van der Waals surface area contributed by atoms with E-state index in [-0.39, 0.29) is 18.2 Å². The van der Waals surface area contributed by atoms with Gasteiger partial charge in [0.2, 0.25) is 0 Å². The van der Waals surface area contributed by atoms with Gasteiger partial charge in [0, 0.05) is 6.54 Å². The number of carbonyl (C=O) groups excluding carboxylic acids is 1. The van der Waals surface area contributed by atoms with E-state index >= 15 is 0 Å². The van der Waals surface area contributed by atoms with E-state index in [2.05, 4.69) is 10.6 Å². The van der Waals surface area contributed by atoms with Gasteiger partial charge in [-0.2, -0.15) is 0 Å². The highest BCUT2D eigenvalue weighted by Gasteiger charge is 2.26. The van der Waals surface area contributed by atoms with Crippen molar-refractivity contribution in [3.8, 4) is 0 Å². The third kappa shape index (κ3) is 3.22. The highest BCUT2D eigenvalue weighted by molar-refractivity contribution is 5.74. The number of rotatable bonds is 3. The minimum absolute atomic E-state index is 0.0446. The van der Waals surface area contributed by atoms with Crippen LogP contribution in [0, 0.1) is 0 Å². The Morgan fingerprint density at radius 1 is 1.54 bits per heavy atom. The average molecular weight is 186 g/mol. The Morgan fingerprint density at radius 3 is 2.85 bits per heavy atom. The molecule has 1 aliphatic carbocycles. The van der Waals surface area contributed by atoms with Crippen LogP contribution in [0.4, 0.5) is 4.79 Å². The van der Waals surface area contributed by atoms with Gasteiger partial charge in [-0.25, -0.2) is 4.79 Å². The van der Waals surface area contributed by atoms with Gasteiger partial charge in [0.15, 0.2) is 0 Å². The number of aliphatic hydroxyl groups is 1. The fraction of sp³-hybridized carbons (Fsp3) is 0.889. The molecule has 2 amide bonds. The third-order valence-electron chi connectivity index (χ3n) is 2.33. The van der Waals surface area contributed by atoms with Crippen LogP contribution < -0.4 is 10.6 Å². The molecular weight excluding hydrogens is 168 g/mol. The van der Waals surface area contributed by atoms with Crippen molar-refractivity contribution in [1.82, 2.24) is 10.6 Å². The zero-order chi connectivity index (χ0) is 9.68. The molecule has 2 unspecified atom stereocenters. The molecule has 76 valence electrons. The quantitative estimate of drug-likeness (QED) is 0.604. The predicted octanol–water partition coefficient (Wildman–Crippen LogP) is 0.609. The summed E-state index contributed by atoms with van der Waals surface area (Å²) >= 11 is 0. The summed E-state index contributed by atoms with van der Waals surface area (Å²) in [5, 5.41) is 14.9. The van der Waals surface area contributed by atoms with E-state index < -0.39 is 0 Å². The fourth-order valence-electron chi connectivity index (χ4n) is 1.57. The maximum Gasteiger partial charge on any atom is 0.315 e. The van der Waals surface area contributed by atoms with E-state index in [1.54, 1.807) is 0 Å². The van der Waals surface area contributed by atoms with Crippen LogP contribution in [0.3, 0.4) is 0 Å². The Balaban J connectivity index is 2.19. The molecule has 0 aromatic rings. The molecule has 1 fully saturated rings. The molecule has 0 aliphatic heterocycles. The summed E-state index contributed by atoms with van der Waals surface area (Å²) < 4.78 is 0. The zero-order valence-corrected chi connectivity index (χ0v) is 8.05. The van der Waals surface area contributed by atoms with E-state index in [1.807, 2.05) is 6.92 Å². The SMILES string of the molecule is CCCNC(=O)NC1CCCC1O. The summed E-state index contributed by atoms with van der Waals surface area (Å²) in [5.41, 5.74) is 0.